The number of esters is 1. The Kier molecular flexibility index (Phi) is 15.8. The van der Waals surface area contributed by atoms with E-state index in [-0.39, 0.29) is 11.9 Å². The summed E-state index contributed by atoms with van der Waals surface area (Å²) in [5.74, 6) is 4.01. The summed E-state index contributed by atoms with van der Waals surface area (Å²) >= 11 is 0. The predicted octanol–water partition coefficient (Wildman–Crippen LogP) is 11.7. The zero-order valence-electron chi connectivity index (χ0n) is 28.2. The lowest BCUT2D eigenvalue weighted by Gasteiger charge is -2.37. The van der Waals surface area contributed by atoms with Gasteiger partial charge in [0.2, 0.25) is 0 Å². The van der Waals surface area contributed by atoms with E-state index in [1.165, 1.54) is 134 Å². The van der Waals surface area contributed by atoms with Gasteiger partial charge < -0.3 is 4.74 Å². The van der Waals surface area contributed by atoms with Gasteiger partial charge in [0.25, 0.3) is 0 Å². The molecule has 0 amide bonds. The van der Waals surface area contributed by atoms with Crippen LogP contribution in [0.4, 0.5) is 0 Å². The molecule has 2 aliphatic carbocycles. The molecule has 0 unspecified atom stereocenters. The molecule has 2 aromatic rings. The van der Waals surface area contributed by atoms with Gasteiger partial charge in [-0.25, -0.2) is 9.97 Å². The van der Waals surface area contributed by atoms with Gasteiger partial charge in [0.15, 0.2) is 5.82 Å². The first-order chi connectivity index (χ1) is 21.7. The Hall–Kier alpha value is -2.23. The summed E-state index contributed by atoms with van der Waals surface area (Å²) in [5, 5.41) is 0. The Balaban J connectivity index is 1.11. The molecule has 0 aliphatic heterocycles. The van der Waals surface area contributed by atoms with Crippen LogP contribution >= 0.6 is 0 Å². The molecule has 0 atom stereocenters. The Morgan fingerprint density at radius 3 is 1.77 bits per heavy atom. The molecule has 4 rings (SSSR count). The second-order valence-corrected chi connectivity index (χ2v) is 14.2. The van der Waals surface area contributed by atoms with Crippen molar-refractivity contribution < 1.29 is 9.53 Å². The van der Waals surface area contributed by atoms with Gasteiger partial charge in [-0.15, -0.1) is 0 Å². The van der Waals surface area contributed by atoms with E-state index in [1.807, 2.05) is 36.7 Å². The van der Waals surface area contributed by atoms with E-state index in [1.54, 1.807) is 0 Å². The van der Waals surface area contributed by atoms with E-state index in [9.17, 15) is 4.79 Å². The number of hydrogen-bond acceptors (Lipinski definition) is 4. The molecule has 1 aromatic heterocycles. The van der Waals surface area contributed by atoms with Crippen LogP contribution in [0.15, 0.2) is 36.7 Å². The van der Waals surface area contributed by atoms with Crippen LogP contribution in [0.5, 0.6) is 5.75 Å². The molecular formula is C40H62N2O2. The van der Waals surface area contributed by atoms with Crippen molar-refractivity contribution in [3.63, 3.8) is 0 Å². The minimum absolute atomic E-state index is 0.0437. The molecule has 1 heterocycles. The highest BCUT2D eigenvalue weighted by molar-refractivity contribution is 5.75. The highest BCUT2D eigenvalue weighted by atomic mass is 16.5. The third-order valence-corrected chi connectivity index (χ3v) is 10.7. The van der Waals surface area contributed by atoms with Crippen molar-refractivity contribution in [1.29, 1.82) is 0 Å². The van der Waals surface area contributed by atoms with Crippen molar-refractivity contribution in [2.45, 2.75) is 162 Å². The molecule has 2 saturated carbocycles. The number of carbonyl (C=O) groups is 1. The van der Waals surface area contributed by atoms with E-state index < -0.39 is 0 Å². The van der Waals surface area contributed by atoms with E-state index in [2.05, 4.69) is 23.8 Å². The number of nitrogens with zero attached hydrogens (tertiary/aromatic N) is 2. The van der Waals surface area contributed by atoms with Gasteiger partial charge >= 0.3 is 5.97 Å². The van der Waals surface area contributed by atoms with Crippen LogP contribution in [0.3, 0.4) is 0 Å². The number of benzene rings is 1. The molecule has 44 heavy (non-hydrogen) atoms. The molecule has 2 aliphatic rings. The number of ether oxygens (including phenoxy) is 1. The number of aromatic nitrogens is 2. The normalized spacial score (nSPS) is 22.1. The first-order valence-electron chi connectivity index (χ1n) is 18.8. The second kappa shape index (κ2) is 20.0. The molecule has 2 fully saturated rings. The SMILES string of the molecule is CCCCCCCCCc1cnc(-c2ccc(OC(=O)[C@H]3CC[C@H]([C@H]4CC[C@H](CCCCCCCC)CC4)CC3)cc2)nc1. The van der Waals surface area contributed by atoms with Crippen LogP contribution in [0.1, 0.15) is 161 Å². The fourth-order valence-corrected chi connectivity index (χ4v) is 7.78. The molecule has 0 spiro atoms. The van der Waals surface area contributed by atoms with Crippen LogP contribution in [-0.2, 0) is 11.2 Å². The molecule has 0 bridgehead atoms. The average Bonchev–Trinajstić information content (AvgIpc) is 3.07. The van der Waals surface area contributed by atoms with Crippen molar-refractivity contribution in [3.8, 4) is 17.1 Å². The fraction of sp³-hybridized carbons (Fsp3) is 0.725. The van der Waals surface area contributed by atoms with Crippen molar-refractivity contribution in [2.24, 2.45) is 23.7 Å². The number of carbonyl (C=O) groups excluding carboxylic acids is 1. The summed E-state index contributed by atoms with van der Waals surface area (Å²) in [5.41, 5.74) is 2.16. The summed E-state index contributed by atoms with van der Waals surface area (Å²) in [6.07, 6.45) is 34.2. The number of hydrogen-bond donors (Lipinski definition) is 0. The second-order valence-electron chi connectivity index (χ2n) is 14.2. The van der Waals surface area contributed by atoms with Gasteiger partial charge in [0.05, 0.1) is 5.92 Å². The number of rotatable bonds is 19. The van der Waals surface area contributed by atoms with Crippen molar-refractivity contribution in [2.75, 3.05) is 0 Å². The van der Waals surface area contributed by atoms with Gasteiger partial charge in [-0.3, -0.25) is 4.79 Å². The summed E-state index contributed by atoms with van der Waals surface area (Å²) in [6.45, 7) is 4.56. The highest BCUT2D eigenvalue weighted by Crippen LogP contribution is 2.42. The minimum atomic E-state index is -0.0511. The van der Waals surface area contributed by atoms with E-state index in [4.69, 9.17) is 4.74 Å². The van der Waals surface area contributed by atoms with Gasteiger partial charge in [0.1, 0.15) is 5.75 Å². The lowest BCUT2D eigenvalue weighted by molar-refractivity contribution is -0.140. The molecule has 0 saturated heterocycles. The van der Waals surface area contributed by atoms with Gasteiger partial charge in [-0.2, -0.15) is 0 Å². The number of unbranched alkanes of at least 4 members (excludes halogenated alkanes) is 11. The molecule has 0 radical (unpaired) electrons. The summed E-state index contributed by atoms with van der Waals surface area (Å²) in [4.78, 5) is 22.2. The monoisotopic (exact) mass is 602 g/mol. The molecule has 244 valence electrons. The molecule has 4 heteroatoms. The van der Waals surface area contributed by atoms with Crippen LogP contribution < -0.4 is 4.74 Å². The van der Waals surface area contributed by atoms with Crippen LogP contribution in [-0.4, -0.2) is 15.9 Å². The Morgan fingerprint density at radius 2 is 1.18 bits per heavy atom. The third kappa shape index (κ3) is 11.9. The van der Waals surface area contributed by atoms with E-state index in [0.29, 0.717) is 5.75 Å². The smallest absolute Gasteiger partial charge is 0.314 e. The maximum Gasteiger partial charge on any atom is 0.314 e. The summed E-state index contributed by atoms with van der Waals surface area (Å²) in [7, 11) is 0. The predicted molar refractivity (Wildman–Crippen MR) is 184 cm³/mol. The molecular weight excluding hydrogens is 540 g/mol. The largest absolute Gasteiger partial charge is 0.426 e. The maximum atomic E-state index is 13.0. The zero-order chi connectivity index (χ0) is 30.8. The van der Waals surface area contributed by atoms with Gasteiger partial charge in [-0.05, 0) is 98.9 Å². The van der Waals surface area contributed by atoms with E-state index in [0.717, 1.165) is 48.4 Å². The maximum absolute atomic E-state index is 13.0. The standard InChI is InChI=1S/C40H62N2O2/c1-3-5-7-9-11-13-15-17-33-30-41-39(42-31-33)36-26-28-38(29-27-36)44-40(43)37-24-22-35(23-25-37)34-20-18-32(19-21-34)16-14-12-10-8-6-4-2/h26-32,34-35,37H,3-25H2,1-2H3/t32-,34-,35-,37-. The quantitative estimate of drug-likeness (QED) is 0.0911. The zero-order valence-corrected chi connectivity index (χ0v) is 28.2. The highest BCUT2D eigenvalue weighted by Gasteiger charge is 2.33. The first-order valence-corrected chi connectivity index (χ1v) is 18.8. The van der Waals surface area contributed by atoms with Crippen LogP contribution in [0.25, 0.3) is 11.4 Å². The lowest BCUT2D eigenvalue weighted by atomic mass is 9.68. The minimum Gasteiger partial charge on any atom is -0.426 e. The Bertz CT molecular complexity index is 1030. The summed E-state index contributed by atoms with van der Waals surface area (Å²) in [6, 6.07) is 7.71. The lowest BCUT2D eigenvalue weighted by Crippen LogP contribution is -2.30. The van der Waals surface area contributed by atoms with Crippen molar-refractivity contribution in [1.82, 2.24) is 9.97 Å². The first kappa shape index (κ1) is 34.6. The van der Waals surface area contributed by atoms with Crippen molar-refractivity contribution >= 4 is 5.97 Å². The summed E-state index contributed by atoms with van der Waals surface area (Å²) < 4.78 is 5.83. The average molecular weight is 603 g/mol. The van der Waals surface area contributed by atoms with Crippen LogP contribution in [0.2, 0.25) is 0 Å². The Labute approximate surface area is 269 Å². The topological polar surface area (TPSA) is 52.1 Å². The molecule has 0 N–H and O–H groups in total. The van der Waals surface area contributed by atoms with Gasteiger partial charge in [-0.1, -0.05) is 110 Å². The van der Waals surface area contributed by atoms with Crippen LogP contribution in [0, 0.1) is 23.7 Å². The molecule has 1 aromatic carbocycles. The van der Waals surface area contributed by atoms with E-state index >= 15 is 0 Å². The number of aryl methyl sites for hydroxylation is 1. The fourth-order valence-electron chi connectivity index (χ4n) is 7.78. The van der Waals surface area contributed by atoms with Gasteiger partial charge in [0, 0.05) is 18.0 Å². The van der Waals surface area contributed by atoms with Crippen molar-refractivity contribution in [3.05, 3.63) is 42.2 Å². The molecule has 4 nitrogen and oxygen atoms in total. The Morgan fingerprint density at radius 1 is 0.659 bits per heavy atom. The third-order valence-electron chi connectivity index (χ3n) is 10.7.